The summed E-state index contributed by atoms with van der Waals surface area (Å²) in [5.41, 5.74) is 6.81. The van der Waals surface area contributed by atoms with Crippen LogP contribution in [0.4, 0.5) is 11.5 Å². The van der Waals surface area contributed by atoms with Crippen LogP contribution in [0.25, 0.3) is 0 Å². The number of carbonyl (C=O) groups excluding carboxylic acids is 1. The number of rotatable bonds is 9. The van der Waals surface area contributed by atoms with Crippen LogP contribution in [-0.2, 0) is 4.74 Å². The number of nitrogens with zero attached hydrogens (tertiary/aromatic N) is 1. The van der Waals surface area contributed by atoms with Gasteiger partial charge in [0, 0.05) is 12.2 Å². The maximum Gasteiger partial charge on any atom is 0.340 e. The molecular formula is C16H27N3O2. The summed E-state index contributed by atoms with van der Waals surface area (Å²) < 4.78 is 5.01. The minimum absolute atomic E-state index is 0.332. The molecule has 118 valence electrons. The monoisotopic (exact) mass is 293 g/mol. The van der Waals surface area contributed by atoms with Crippen molar-refractivity contribution in [3.8, 4) is 0 Å². The van der Waals surface area contributed by atoms with Crippen LogP contribution in [-0.4, -0.2) is 23.6 Å². The van der Waals surface area contributed by atoms with Gasteiger partial charge >= 0.3 is 5.97 Å². The first-order valence-corrected chi connectivity index (χ1v) is 7.82. The molecule has 1 heterocycles. The zero-order valence-electron chi connectivity index (χ0n) is 13.3. The van der Waals surface area contributed by atoms with E-state index in [9.17, 15) is 4.79 Å². The summed E-state index contributed by atoms with van der Waals surface area (Å²) in [7, 11) is 0. The molecule has 0 saturated carbocycles. The van der Waals surface area contributed by atoms with E-state index >= 15 is 0 Å². The third-order valence-electron chi connectivity index (χ3n) is 3.37. The number of nitrogen functional groups attached to an aromatic ring is 1. The second kappa shape index (κ2) is 9.21. The Balaban J connectivity index is 2.86. The summed E-state index contributed by atoms with van der Waals surface area (Å²) in [5, 5.41) is 3.38. The first-order chi connectivity index (χ1) is 10.1. The van der Waals surface area contributed by atoms with Crippen molar-refractivity contribution in [2.24, 2.45) is 0 Å². The van der Waals surface area contributed by atoms with Gasteiger partial charge in [0.05, 0.1) is 17.9 Å². The van der Waals surface area contributed by atoms with Crippen LogP contribution in [0.3, 0.4) is 0 Å². The highest BCUT2D eigenvalue weighted by Gasteiger charge is 2.16. The summed E-state index contributed by atoms with van der Waals surface area (Å²) in [6.45, 7) is 6.44. The smallest absolute Gasteiger partial charge is 0.340 e. The fourth-order valence-electron chi connectivity index (χ4n) is 2.26. The van der Waals surface area contributed by atoms with Crippen LogP contribution in [0.15, 0.2) is 12.3 Å². The zero-order chi connectivity index (χ0) is 15.7. The number of hydrogen-bond donors (Lipinski definition) is 2. The Labute approximate surface area is 127 Å². The molecule has 0 radical (unpaired) electrons. The topological polar surface area (TPSA) is 77.2 Å². The lowest BCUT2D eigenvalue weighted by atomic mass is 10.0. The Morgan fingerprint density at radius 2 is 2.10 bits per heavy atom. The molecule has 0 aliphatic heterocycles. The summed E-state index contributed by atoms with van der Waals surface area (Å²) >= 11 is 0. The van der Waals surface area contributed by atoms with E-state index in [2.05, 4.69) is 24.1 Å². The minimum atomic E-state index is -0.402. The molecule has 1 unspecified atom stereocenters. The van der Waals surface area contributed by atoms with Crippen molar-refractivity contribution >= 4 is 17.5 Å². The number of nitrogens with two attached hydrogens (primary N) is 1. The van der Waals surface area contributed by atoms with Gasteiger partial charge in [0.15, 0.2) is 0 Å². The molecule has 21 heavy (non-hydrogen) atoms. The van der Waals surface area contributed by atoms with Crippen molar-refractivity contribution in [1.29, 1.82) is 0 Å². The molecule has 0 aliphatic carbocycles. The fraction of sp³-hybridized carbons (Fsp3) is 0.625. The predicted molar refractivity (Wildman–Crippen MR) is 86.4 cm³/mol. The second-order valence-corrected chi connectivity index (χ2v) is 5.11. The van der Waals surface area contributed by atoms with E-state index in [-0.39, 0.29) is 0 Å². The van der Waals surface area contributed by atoms with E-state index in [1.165, 1.54) is 0 Å². The van der Waals surface area contributed by atoms with Gasteiger partial charge in [-0.25, -0.2) is 9.78 Å². The molecule has 0 bridgehead atoms. The van der Waals surface area contributed by atoms with Crippen LogP contribution < -0.4 is 11.1 Å². The highest BCUT2D eigenvalue weighted by Crippen LogP contribution is 2.23. The number of unbranched alkanes of at least 4 members (excludes halogenated alkanes) is 1. The lowest BCUT2D eigenvalue weighted by Crippen LogP contribution is -2.21. The molecule has 3 N–H and O–H groups in total. The number of anilines is 2. The molecule has 0 fully saturated rings. The molecule has 1 rings (SSSR count). The summed E-state index contributed by atoms with van der Waals surface area (Å²) in [4.78, 5) is 16.1. The second-order valence-electron chi connectivity index (χ2n) is 5.11. The van der Waals surface area contributed by atoms with Crippen molar-refractivity contribution in [3.63, 3.8) is 0 Å². The van der Waals surface area contributed by atoms with E-state index < -0.39 is 5.97 Å². The van der Waals surface area contributed by atoms with E-state index in [0.717, 1.165) is 32.1 Å². The van der Waals surface area contributed by atoms with Crippen molar-refractivity contribution in [3.05, 3.63) is 17.8 Å². The van der Waals surface area contributed by atoms with Crippen LogP contribution in [0.2, 0.25) is 0 Å². The van der Waals surface area contributed by atoms with Gasteiger partial charge in [-0.1, -0.05) is 33.1 Å². The Morgan fingerprint density at radius 3 is 2.71 bits per heavy atom. The van der Waals surface area contributed by atoms with E-state index in [1.807, 2.05) is 0 Å². The normalized spacial score (nSPS) is 12.0. The molecule has 1 aromatic rings. The summed E-state index contributed by atoms with van der Waals surface area (Å²) in [6, 6.07) is 1.93. The molecule has 1 atom stereocenters. The minimum Gasteiger partial charge on any atom is -0.462 e. The third-order valence-corrected chi connectivity index (χ3v) is 3.37. The van der Waals surface area contributed by atoms with Crippen LogP contribution in [0.1, 0.15) is 63.2 Å². The largest absolute Gasteiger partial charge is 0.462 e. The van der Waals surface area contributed by atoms with Crippen molar-refractivity contribution in [1.82, 2.24) is 4.98 Å². The van der Waals surface area contributed by atoms with Gasteiger partial charge in [-0.05, 0) is 25.8 Å². The Hall–Kier alpha value is -1.78. The Morgan fingerprint density at radius 1 is 1.33 bits per heavy atom. The van der Waals surface area contributed by atoms with E-state index in [1.54, 1.807) is 19.2 Å². The molecule has 5 heteroatoms. The van der Waals surface area contributed by atoms with Crippen LogP contribution >= 0.6 is 0 Å². The Bertz CT molecular complexity index is 449. The number of pyridine rings is 1. The predicted octanol–water partition coefficient (Wildman–Crippen LogP) is 3.61. The molecule has 1 aromatic heterocycles. The van der Waals surface area contributed by atoms with Gasteiger partial charge in [-0.3, -0.25) is 0 Å². The number of carbonyl (C=O) groups is 1. The standard InChI is InChI=1S/C16H27N3O2/c1-4-7-9-12(8-5-2)19-15-14(17)13(10-11-18-15)16(20)21-6-3/h10-12H,4-9,17H2,1-3H3,(H,18,19). The Kier molecular flexibility index (Phi) is 7.58. The van der Waals surface area contributed by atoms with Crippen molar-refractivity contribution < 1.29 is 9.53 Å². The van der Waals surface area contributed by atoms with Crippen LogP contribution in [0, 0.1) is 0 Å². The van der Waals surface area contributed by atoms with Crippen LogP contribution in [0.5, 0.6) is 0 Å². The van der Waals surface area contributed by atoms with Gasteiger partial charge in [0.25, 0.3) is 0 Å². The average Bonchev–Trinajstić information content (AvgIpc) is 2.47. The molecule has 0 spiro atoms. The van der Waals surface area contributed by atoms with E-state index in [4.69, 9.17) is 10.5 Å². The molecule has 0 aromatic carbocycles. The number of aromatic nitrogens is 1. The molecule has 0 saturated heterocycles. The fourth-order valence-corrected chi connectivity index (χ4v) is 2.26. The quantitative estimate of drug-likeness (QED) is 0.680. The van der Waals surface area contributed by atoms with Gasteiger partial charge < -0.3 is 15.8 Å². The number of hydrogen-bond acceptors (Lipinski definition) is 5. The summed E-state index contributed by atoms with van der Waals surface area (Å²) in [5.74, 6) is 0.177. The van der Waals surface area contributed by atoms with Crippen molar-refractivity contribution in [2.75, 3.05) is 17.7 Å². The van der Waals surface area contributed by atoms with Gasteiger partial charge in [-0.2, -0.15) is 0 Å². The number of esters is 1. The average molecular weight is 293 g/mol. The zero-order valence-corrected chi connectivity index (χ0v) is 13.3. The van der Waals surface area contributed by atoms with Crippen molar-refractivity contribution in [2.45, 2.75) is 58.9 Å². The van der Waals surface area contributed by atoms with Gasteiger partial charge in [0.1, 0.15) is 5.82 Å². The molecule has 0 amide bonds. The highest BCUT2D eigenvalue weighted by atomic mass is 16.5. The first kappa shape index (κ1) is 17.3. The maximum absolute atomic E-state index is 11.8. The number of nitrogens with one attached hydrogen (secondary N) is 1. The third kappa shape index (κ3) is 5.25. The maximum atomic E-state index is 11.8. The SMILES string of the molecule is CCCCC(CCC)Nc1nccc(C(=O)OCC)c1N. The first-order valence-electron chi connectivity index (χ1n) is 7.82. The van der Waals surface area contributed by atoms with Gasteiger partial charge in [0.2, 0.25) is 0 Å². The summed E-state index contributed by atoms with van der Waals surface area (Å²) in [6.07, 6.45) is 7.15. The molecule has 5 nitrogen and oxygen atoms in total. The number of ether oxygens (including phenoxy) is 1. The lowest BCUT2D eigenvalue weighted by Gasteiger charge is -2.20. The van der Waals surface area contributed by atoms with Gasteiger partial charge in [-0.15, -0.1) is 0 Å². The molecule has 0 aliphatic rings. The molecular weight excluding hydrogens is 266 g/mol. The highest BCUT2D eigenvalue weighted by molar-refractivity contribution is 5.97. The van der Waals surface area contributed by atoms with E-state index in [0.29, 0.717) is 29.7 Å². The lowest BCUT2D eigenvalue weighted by molar-refractivity contribution is 0.0527.